The molecule has 1 heterocycles. The third kappa shape index (κ3) is 1.58. The average Bonchev–Trinajstić information content (AvgIpc) is 2.08. The van der Waals surface area contributed by atoms with Crippen molar-refractivity contribution in [2.45, 2.75) is 6.92 Å². The lowest BCUT2D eigenvalue weighted by atomic mass is 9.90. The van der Waals surface area contributed by atoms with Crippen LogP contribution < -0.4 is 5.46 Å². The van der Waals surface area contributed by atoms with Crippen molar-refractivity contribution in [1.82, 2.24) is 9.97 Å². The van der Waals surface area contributed by atoms with E-state index in [4.69, 9.17) is 31.0 Å². The minimum absolute atomic E-state index is 0.145. The Morgan fingerprint density at radius 1 is 1.21 bits per heavy atom. The Morgan fingerprint density at radius 3 is 2.64 bits per heavy atom. The lowest BCUT2D eigenvalue weighted by molar-refractivity contribution is 1.22. The predicted octanol–water partition coefficient (Wildman–Crippen LogP) is 2.04. The number of hydrogen-bond acceptors (Lipinski definition) is 2. The van der Waals surface area contributed by atoms with Crippen LogP contribution in [0.25, 0.3) is 10.9 Å². The summed E-state index contributed by atoms with van der Waals surface area (Å²) >= 11 is 11.6. The number of fused-ring (bicyclic) bond motifs is 1. The monoisotopic (exact) mass is 222 g/mol. The average molecular weight is 223 g/mol. The van der Waals surface area contributed by atoms with Gasteiger partial charge in [-0.2, -0.15) is 0 Å². The number of benzene rings is 1. The van der Waals surface area contributed by atoms with Gasteiger partial charge in [0.15, 0.2) is 0 Å². The molecule has 0 atom stereocenters. The molecule has 0 bridgehead atoms. The highest BCUT2D eigenvalue weighted by molar-refractivity contribution is 6.38. The van der Waals surface area contributed by atoms with Crippen LogP contribution in [-0.2, 0) is 0 Å². The third-order valence-electron chi connectivity index (χ3n) is 2.01. The molecule has 0 spiro atoms. The minimum atomic E-state index is 0.145. The first-order valence-electron chi connectivity index (χ1n) is 3.97. The summed E-state index contributed by atoms with van der Waals surface area (Å²) in [5, 5.41) is 1.19. The molecule has 0 aliphatic carbocycles. The highest BCUT2D eigenvalue weighted by Gasteiger charge is 2.05. The molecule has 14 heavy (non-hydrogen) atoms. The van der Waals surface area contributed by atoms with Crippen molar-refractivity contribution in [2.75, 3.05) is 0 Å². The molecule has 0 fully saturated rings. The quantitative estimate of drug-likeness (QED) is 0.388. The normalized spacial score (nSPS) is 10.8. The number of aryl methyl sites for hydroxylation is 1. The van der Waals surface area contributed by atoms with Gasteiger partial charge in [0, 0.05) is 5.39 Å². The van der Waals surface area contributed by atoms with E-state index in [0.717, 1.165) is 10.9 Å². The van der Waals surface area contributed by atoms with Crippen molar-refractivity contribution in [3.05, 3.63) is 28.1 Å². The Hall–Kier alpha value is -0.795. The first-order chi connectivity index (χ1) is 6.58. The van der Waals surface area contributed by atoms with Crippen molar-refractivity contribution in [2.24, 2.45) is 0 Å². The number of rotatable bonds is 0. The van der Waals surface area contributed by atoms with E-state index < -0.39 is 0 Å². The maximum absolute atomic E-state index is 5.90. The van der Waals surface area contributed by atoms with E-state index in [1.807, 2.05) is 13.0 Å². The zero-order valence-electron chi connectivity index (χ0n) is 7.38. The summed E-state index contributed by atoms with van der Waals surface area (Å²) in [6.45, 7) is 1.90. The lowest BCUT2D eigenvalue weighted by Crippen LogP contribution is -2.07. The Morgan fingerprint density at radius 2 is 1.93 bits per heavy atom. The summed E-state index contributed by atoms with van der Waals surface area (Å²) in [6, 6.07) is 3.59. The summed E-state index contributed by atoms with van der Waals surface area (Å²) in [6.07, 6.45) is 0. The van der Waals surface area contributed by atoms with E-state index in [-0.39, 0.29) is 5.28 Å². The topological polar surface area (TPSA) is 25.8 Å². The fourth-order valence-corrected chi connectivity index (χ4v) is 1.68. The second kappa shape index (κ2) is 3.41. The lowest BCUT2D eigenvalue weighted by Gasteiger charge is -2.04. The van der Waals surface area contributed by atoms with Crippen LogP contribution in [-0.4, -0.2) is 17.8 Å². The van der Waals surface area contributed by atoms with Crippen LogP contribution in [0.5, 0.6) is 0 Å². The minimum Gasteiger partial charge on any atom is -0.218 e. The highest BCUT2D eigenvalue weighted by Crippen LogP contribution is 2.21. The van der Waals surface area contributed by atoms with Crippen molar-refractivity contribution in [1.29, 1.82) is 0 Å². The molecule has 0 saturated carbocycles. The van der Waals surface area contributed by atoms with Gasteiger partial charge >= 0.3 is 0 Å². The molecule has 2 rings (SSSR count). The van der Waals surface area contributed by atoms with Gasteiger partial charge in [-0.1, -0.05) is 28.7 Å². The first-order valence-corrected chi connectivity index (χ1v) is 4.72. The maximum Gasteiger partial charge on any atom is 0.224 e. The number of hydrogen-bond donors (Lipinski definition) is 0. The Labute approximate surface area is 92.7 Å². The second-order valence-corrected chi connectivity index (χ2v) is 3.71. The van der Waals surface area contributed by atoms with Gasteiger partial charge in [-0.15, -0.1) is 0 Å². The van der Waals surface area contributed by atoms with Gasteiger partial charge in [-0.3, -0.25) is 0 Å². The van der Waals surface area contributed by atoms with Crippen LogP contribution in [0.4, 0.5) is 0 Å². The number of halogens is 2. The first kappa shape index (κ1) is 9.75. The van der Waals surface area contributed by atoms with E-state index in [9.17, 15) is 0 Å². The summed E-state index contributed by atoms with van der Waals surface area (Å²) in [7, 11) is 5.75. The molecule has 0 N–H and O–H groups in total. The van der Waals surface area contributed by atoms with Gasteiger partial charge < -0.3 is 0 Å². The predicted molar refractivity (Wildman–Crippen MR) is 59.7 cm³/mol. The van der Waals surface area contributed by atoms with Gasteiger partial charge in [-0.25, -0.2) is 9.97 Å². The largest absolute Gasteiger partial charge is 0.224 e. The van der Waals surface area contributed by atoms with Crippen molar-refractivity contribution in [3.8, 4) is 0 Å². The van der Waals surface area contributed by atoms with Gasteiger partial charge in [0.2, 0.25) is 5.28 Å². The van der Waals surface area contributed by atoms with Gasteiger partial charge in [-0.05, 0) is 24.6 Å². The van der Waals surface area contributed by atoms with Crippen LogP contribution in [0.3, 0.4) is 0 Å². The number of aromatic nitrogens is 2. The molecular weight excluding hydrogens is 218 g/mol. The van der Waals surface area contributed by atoms with Crippen molar-refractivity contribution >= 4 is 47.4 Å². The van der Waals surface area contributed by atoms with E-state index in [2.05, 4.69) is 9.97 Å². The van der Waals surface area contributed by atoms with Crippen molar-refractivity contribution < 1.29 is 0 Å². The molecule has 0 unspecified atom stereocenters. The Kier molecular flexibility index (Phi) is 2.37. The van der Waals surface area contributed by atoms with Crippen LogP contribution in [0.2, 0.25) is 10.4 Å². The second-order valence-electron chi connectivity index (χ2n) is 3.01. The molecule has 0 aliphatic heterocycles. The maximum atomic E-state index is 5.90. The Balaban J connectivity index is 2.89. The van der Waals surface area contributed by atoms with E-state index in [1.165, 1.54) is 0 Å². The molecule has 0 saturated heterocycles. The summed E-state index contributed by atoms with van der Waals surface area (Å²) < 4.78 is 0. The standard InChI is InChI=1S/C9H5BCl2N2/c1-4-2-7-5(3-6(4)10)8(11)14-9(12)13-7/h2-3H,1H3. The fraction of sp³-hybridized carbons (Fsp3) is 0.111. The van der Waals surface area contributed by atoms with Crippen LogP contribution in [0, 0.1) is 6.92 Å². The third-order valence-corrected chi connectivity index (χ3v) is 2.47. The van der Waals surface area contributed by atoms with Crippen LogP contribution in [0.1, 0.15) is 5.56 Å². The zero-order valence-corrected chi connectivity index (χ0v) is 8.89. The van der Waals surface area contributed by atoms with E-state index in [0.29, 0.717) is 16.1 Å². The highest BCUT2D eigenvalue weighted by atomic mass is 35.5. The Bertz CT molecular complexity index is 514. The zero-order chi connectivity index (χ0) is 10.3. The summed E-state index contributed by atoms with van der Waals surface area (Å²) in [4.78, 5) is 7.89. The molecule has 1 aromatic carbocycles. The SMILES string of the molecule is [B]c1cc2c(Cl)nc(Cl)nc2cc1C. The van der Waals surface area contributed by atoms with Crippen LogP contribution >= 0.6 is 23.2 Å². The molecule has 1 aromatic heterocycles. The molecule has 68 valence electrons. The van der Waals surface area contributed by atoms with Gasteiger partial charge in [0.1, 0.15) is 13.0 Å². The summed E-state index contributed by atoms with van der Waals surface area (Å²) in [5.41, 5.74) is 2.33. The van der Waals surface area contributed by atoms with Crippen molar-refractivity contribution in [3.63, 3.8) is 0 Å². The van der Waals surface area contributed by atoms with Crippen LogP contribution in [0.15, 0.2) is 12.1 Å². The molecule has 5 heteroatoms. The molecule has 2 radical (unpaired) electrons. The summed E-state index contributed by atoms with van der Waals surface area (Å²) in [5.74, 6) is 0. The molecule has 2 aromatic rings. The number of nitrogens with zero attached hydrogens (tertiary/aromatic N) is 2. The van der Waals surface area contributed by atoms with Gasteiger partial charge in [0.05, 0.1) is 5.52 Å². The molecule has 0 aliphatic rings. The van der Waals surface area contributed by atoms with E-state index in [1.54, 1.807) is 6.07 Å². The fourth-order valence-electron chi connectivity index (χ4n) is 1.23. The van der Waals surface area contributed by atoms with E-state index >= 15 is 0 Å². The van der Waals surface area contributed by atoms with Gasteiger partial charge in [0.25, 0.3) is 0 Å². The molecule has 2 nitrogen and oxygen atoms in total. The molecular formula is C9H5BCl2N2. The smallest absolute Gasteiger partial charge is 0.218 e. The molecule has 0 amide bonds.